The number of methoxy groups -OCH3 is 1. The molecule has 28 heavy (non-hydrogen) atoms. The minimum absolute atomic E-state index is 0.0848. The molecule has 6 nitrogen and oxygen atoms in total. The molecular weight excluding hydrogens is 352 g/mol. The van der Waals surface area contributed by atoms with Gasteiger partial charge in [0.05, 0.1) is 7.11 Å². The van der Waals surface area contributed by atoms with Gasteiger partial charge < -0.3 is 14.5 Å². The number of aromatic nitrogens is 2. The molecule has 2 heterocycles. The number of likely N-dealkylation sites (tertiary alicyclic amines) is 1. The SMILES string of the molecule is COc1ccc([C@@H]2CN(C(=O)c3nn(C)c4c3CCCC4)C[C@H]2N(C)C)cc1. The van der Waals surface area contributed by atoms with Gasteiger partial charge in [0.25, 0.3) is 5.91 Å². The lowest BCUT2D eigenvalue weighted by molar-refractivity contribution is 0.0774. The number of hydrogen-bond acceptors (Lipinski definition) is 4. The third-order valence-corrected chi connectivity index (χ3v) is 6.35. The molecule has 1 aromatic carbocycles. The van der Waals surface area contributed by atoms with Gasteiger partial charge in [-0.1, -0.05) is 12.1 Å². The smallest absolute Gasteiger partial charge is 0.274 e. The summed E-state index contributed by atoms with van der Waals surface area (Å²) >= 11 is 0. The number of nitrogens with zero attached hydrogens (tertiary/aromatic N) is 4. The van der Waals surface area contributed by atoms with E-state index in [0.29, 0.717) is 5.69 Å². The van der Waals surface area contributed by atoms with Gasteiger partial charge in [-0.15, -0.1) is 0 Å². The molecule has 0 bridgehead atoms. The Kier molecular flexibility index (Phi) is 5.15. The van der Waals surface area contributed by atoms with Crippen molar-refractivity contribution in [2.45, 2.75) is 37.6 Å². The van der Waals surface area contributed by atoms with Crippen molar-refractivity contribution in [2.24, 2.45) is 7.05 Å². The lowest BCUT2D eigenvalue weighted by Gasteiger charge is -2.25. The minimum Gasteiger partial charge on any atom is -0.497 e. The van der Waals surface area contributed by atoms with Gasteiger partial charge in [0.2, 0.25) is 0 Å². The summed E-state index contributed by atoms with van der Waals surface area (Å²) in [5, 5.41) is 4.62. The Balaban J connectivity index is 1.60. The van der Waals surface area contributed by atoms with Crippen LogP contribution >= 0.6 is 0 Å². The zero-order chi connectivity index (χ0) is 19.8. The van der Waals surface area contributed by atoms with Crippen molar-refractivity contribution in [2.75, 3.05) is 34.3 Å². The number of fused-ring (bicyclic) bond motifs is 1. The monoisotopic (exact) mass is 382 g/mol. The lowest BCUT2D eigenvalue weighted by Crippen LogP contribution is -2.36. The molecule has 0 radical (unpaired) electrons. The van der Waals surface area contributed by atoms with Gasteiger partial charge >= 0.3 is 0 Å². The van der Waals surface area contributed by atoms with Crippen molar-refractivity contribution in [3.8, 4) is 5.75 Å². The zero-order valence-electron chi connectivity index (χ0n) is 17.3. The fourth-order valence-corrected chi connectivity index (χ4v) is 4.75. The van der Waals surface area contributed by atoms with E-state index < -0.39 is 0 Å². The predicted molar refractivity (Wildman–Crippen MR) is 109 cm³/mol. The number of rotatable bonds is 4. The molecule has 0 N–H and O–H groups in total. The third-order valence-electron chi connectivity index (χ3n) is 6.35. The molecule has 0 saturated carbocycles. The van der Waals surface area contributed by atoms with Crippen LogP contribution in [-0.4, -0.2) is 65.8 Å². The summed E-state index contributed by atoms with van der Waals surface area (Å²) < 4.78 is 7.21. The van der Waals surface area contributed by atoms with Gasteiger partial charge in [-0.05, 0) is 57.5 Å². The van der Waals surface area contributed by atoms with Gasteiger partial charge in [-0.25, -0.2) is 0 Å². The number of carbonyl (C=O) groups is 1. The van der Waals surface area contributed by atoms with Crippen LogP contribution in [0.25, 0.3) is 0 Å². The largest absolute Gasteiger partial charge is 0.497 e. The number of amides is 1. The van der Waals surface area contributed by atoms with Crippen molar-refractivity contribution in [3.63, 3.8) is 0 Å². The molecule has 1 saturated heterocycles. The normalized spacial score (nSPS) is 21.8. The predicted octanol–water partition coefficient (Wildman–Crippen LogP) is 2.48. The zero-order valence-corrected chi connectivity index (χ0v) is 17.3. The molecule has 1 aromatic heterocycles. The van der Waals surface area contributed by atoms with Crippen LogP contribution in [0.15, 0.2) is 24.3 Å². The van der Waals surface area contributed by atoms with Crippen molar-refractivity contribution in [1.29, 1.82) is 0 Å². The summed E-state index contributed by atoms with van der Waals surface area (Å²) in [5.41, 5.74) is 4.33. The van der Waals surface area contributed by atoms with Crippen LogP contribution in [0.5, 0.6) is 5.75 Å². The van der Waals surface area contributed by atoms with Gasteiger partial charge in [0, 0.05) is 43.4 Å². The van der Waals surface area contributed by atoms with Gasteiger partial charge in [-0.2, -0.15) is 5.10 Å². The van der Waals surface area contributed by atoms with E-state index in [2.05, 4.69) is 36.2 Å². The first-order valence-electron chi connectivity index (χ1n) is 10.1. The summed E-state index contributed by atoms with van der Waals surface area (Å²) in [5.74, 6) is 1.22. The fourth-order valence-electron chi connectivity index (χ4n) is 4.75. The number of carbonyl (C=O) groups excluding carboxylic acids is 1. The Morgan fingerprint density at radius 3 is 2.54 bits per heavy atom. The molecule has 2 atom stereocenters. The first kappa shape index (κ1) is 19.0. The van der Waals surface area contributed by atoms with Crippen LogP contribution in [0.2, 0.25) is 0 Å². The number of benzene rings is 1. The van der Waals surface area contributed by atoms with Crippen LogP contribution in [0.4, 0.5) is 0 Å². The van der Waals surface area contributed by atoms with Crippen molar-refractivity contribution in [1.82, 2.24) is 19.6 Å². The number of likely N-dealkylation sites (N-methyl/N-ethyl adjacent to an activating group) is 1. The first-order chi connectivity index (χ1) is 13.5. The first-order valence-corrected chi connectivity index (χ1v) is 10.1. The highest BCUT2D eigenvalue weighted by atomic mass is 16.5. The van der Waals surface area contributed by atoms with Gasteiger partial charge in [0.15, 0.2) is 5.69 Å². The maximum Gasteiger partial charge on any atom is 0.274 e. The molecular formula is C22H30N4O2. The van der Waals surface area contributed by atoms with Crippen molar-refractivity contribution < 1.29 is 9.53 Å². The van der Waals surface area contributed by atoms with Crippen LogP contribution in [-0.2, 0) is 19.9 Å². The Morgan fingerprint density at radius 2 is 1.86 bits per heavy atom. The Hall–Kier alpha value is -2.34. The Bertz CT molecular complexity index is 856. The van der Waals surface area contributed by atoms with E-state index in [9.17, 15) is 4.79 Å². The summed E-state index contributed by atoms with van der Waals surface area (Å²) in [6, 6.07) is 8.54. The second kappa shape index (κ2) is 7.59. The van der Waals surface area contributed by atoms with Crippen molar-refractivity contribution >= 4 is 5.91 Å². The van der Waals surface area contributed by atoms with E-state index in [-0.39, 0.29) is 17.9 Å². The molecule has 2 aliphatic rings. The second-order valence-electron chi connectivity index (χ2n) is 8.23. The number of ether oxygens (including phenoxy) is 1. The number of hydrogen-bond donors (Lipinski definition) is 0. The molecule has 6 heteroatoms. The van der Waals surface area contributed by atoms with Crippen LogP contribution < -0.4 is 4.74 Å². The average Bonchev–Trinajstić information content (AvgIpc) is 3.30. The maximum atomic E-state index is 13.4. The van der Waals surface area contributed by atoms with E-state index in [0.717, 1.165) is 38.1 Å². The quantitative estimate of drug-likeness (QED) is 0.815. The molecule has 1 fully saturated rings. The summed E-state index contributed by atoms with van der Waals surface area (Å²) in [7, 11) is 7.84. The summed E-state index contributed by atoms with van der Waals surface area (Å²) in [6.45, 7) is 1.45. The van der Waals surface area contributed by atoms with Gasteiger partial charge in [-0.3, -0.25) is 9.48 Å². The topological polar surface area (TPSA) is 50.6 Å². The lowest BCUT2D eigenvalue weighted by atomic mass is 9.93. The molecule has 4 rings (SSSR count). The summed E-state index contributed by atoms with van der Waals surface area (Å²) in [4.78, 5) is 17.6. The Morgan fingerprint density at radius 1 is 1.14 bits per heavy atom. The van der Waals surface area contributed by atoms with Crippen LogP contribution in [0.3, 0.4) is 0 Å². The van der Waals surface area contributed by atoms with Crippen molar-refractivity contribution in [3.05, 3.63) is 46.8 Å². The van der Waals surface area contributed by atoms with E-state index in [4.69, 9.17) is 4.74 Å². The second-order valence-corrected chi connectivity index (χ2v) is 8.23. The highest BCUT2D eigenvalue weighted by molar-refractivity contribution is 5.94. The third kappa shape index (κ3) is 3.30. The molecule has 0 unspecified atom stereocenters. The number of aryl methyl sites for hydroxylation is 1. The van der Waals surface area contributed by atoms with E-state index in [1.54, 1.807) is 7.11 Å². The molecule has 1 aliphatic carbocycles. The molecule has 0 spiro atoms. The maximum absolute atomic E-state index is 13.4. The highest BCUT2D eigenvalue weighted by Crippen LogP contribution is 2.33. The Labute approximate surface area is 167 Å². The van der Waals surface area contributed by atoms with Crippen LogP contribution in [0.1, 0.15) is 46.1 Å². The van der Waals surface area contributed by atoms with E-state index in [1.165, 1.54) is 23.2 Å². The summed E-state index contributed by atoms with van der Waals surface area (Å²) in [6.07, 6.45) is 4.33. The fraction of sp³-hybridized carbons (Fsp3) is 0.545. The highest BCUT2D eigenvalue weighted by Gasteiger charge is 2.39. The van der Waals surface area contributed by atoms with Crippen LogP contribution in [0, 0.1) is 0 Å². The molecule has 1 aliphatic heterocycles. The molecule has 2 aromatic rings. The average molecular weight is 383 g/mol. The standard InChI is InChI=1S/C22H30N4O2/c1-24(2)20-14-26(13-18(20)15-9-11-16(28-4)12-10-15)22(27)21-17-7-5-6-8-19(17)25(3)23-21/h9-12,18,20H,5-8,13-14H2,1-4H3/t18-,20+/m0/s1. The molecule has 150 valence electrons. The molecule has 1 amide bonds. The van der Waals surface area contributed by atoms with Gasteiger partial charge in [0.1, 0.15) is 5.75 Å². The van der Waals surface area contributed by atoms with E-state index >= 15 is 0 Å². The minimum atomic E-state index is 0.0848. The van der Waals surface area contributed by atoms with E-state index in [1.807, 2.05) is 28.8 Å².